The maximum absolute atomic E-state index is 11.6. The first-order chi connectivity index (χ1) is 9.98. The molecule has 1 aliphatic rings. The third-order valence-electron chi connectivity index (χ3n) is 3.62. The van der Waals surface area contributed by atoms with Crippen LogP contribution in [0.4, 0.5) is 4.79 Å². The molecule has 2 N–H and O–H groups in total. The molecule has 2 rings (SSSR count). The van der Waals surface area contributed by atoms with E-state index in [1.807, 2.05) is 18.2 Å². The normalized spacial score (nSPS) is 23.8. The highest BCUT2D eigenvalue weighted by molar-refractivity contribution is 6.31. The Morgan fingerprint density at radius 2 is 2.14 bits per heavy atom. The molecular formula is C15H16ClNO4. The number of hydrogen-bond acceptors (Lipinski definition) is 3. The van der Waals surface area contributed by atoms with Crippen LogP contribution >= 0.6 is 11.6 Å². The van der Waals surface area contributed by atoms with Crippen molar-refractivity contribution < 1.29 is 19.4 Å². The van der Waals surface area contributed by atoms with Crippen LogP contribution in [0.2, 0.25) is 5.02 Å². The monoisotopic (exact) mass is 309 g/mol. The highest BCUT2D eigenvalue weighted by Crippen LogP contribution is 2.46. The first-order valence-corrected chi connectivity index (χ1v) is 6.90. The number of hydrogen-bond donors (Lipinski definition) is 2. The van der Waals surface area contributed by atoms with Gasteiger partial charge in [-0.05, 0) is 30.4 Å². The van der Waals surface area contributed by atoms with Gasteiger partial charge in [0, 0.05) is 5.02 Å². The number of rotatable bonds is 5. The van der Waals surface area contributed by atoms with Crippen molar-refractivity contribution in [3.63, 3.8) is 0 Å². The molecule has 1 aromatic carbocycles. The first-order valence-electron chi connectivity index (χ1n) is 6.52. The Morgan fingerprint density at radius 3 is 2.71 bits per heavy atom. The topological polar surface area (TPSA) is 75.6 Å². The smallest absolute Gasteiger partial charge is 0.408 e. The fourth-order valence-corrected chi connectivity index (χ4v) is 2.79. The van der Waals surface area contributed by atoms with E-state index in [9.17, 15) is 14.7 Å². The van der Waals surface area contributed by atoms with Crippen molar-refractivity contribution in [2.75, 3.05) is 6.61 Å². The lowest BCUT2D eigenvalue weighted by Gasteiger charge is -2.44. The number of ether oxygens (including phenoxy) is 1. The molecule has 0 heterocycles. The van der Waals surface area contributed by atoms with Crippen LogP contribution in [0.5, 0.6) is 0 Å². The molecule has 0 spiro atoms. The van der Waals surface area contributed by atoms with Gasteiger partial charge >= 0.3 is 12.1 Å². The number of carboxylic acids is 1. The highest BCUT2D eigenvalue weighted by atomic mass is 35.5. The van der Waals surface area contributed by atoms with Gasteiger partial charge in [-0.15, -0.1) is 0 Å². The number of benzene rings is 1. The second kappa shape index (κ2) is 6.18. The molecular weight excluding hydrogens is 294 g/mol. The quantitative estimate of drug-likeness (QED) is 0.820. The predicted octanol–water partition coefficient (Wildman–Crippen LogP) is 2.95. The number of alkyl carbamates (subject to hydrolysis) is 1. The van der Waals surface area contributed by atoms with Crippen molar-refractivity contribution in [3.8, 4) is 0 Å². The minimum atomic E-state index is -1.29. The third kappa shape index (κ3) is 3.19. The number of carbonyl (C=O) groups excluding carboxylic acids is 1. The molecule has 1 aliphatic carbocycles. The Balaban J connectivity index is 2.04. The number of aliphatic carboxylic acids is 1. The van der Waals surface area contributed by atoms with Crippen LogP contribution in [-0.2, 0) is 9.53 Å². The van der Waals surface area contributed by atoms with Gasteiger partial charge in [0.1, 0.15) is 12.1 Å². The lowest BCUT2D eigenvalue weighted by atomic mass is 9.65. The Bertz CT molecular complexity index is 567. The molecule has 21 heavy (non-hydrogen) atoms. The Labute approximate surface area is 127 Å². The molecule has 5 nitrogen and oxygen atoms in total. The molecule has 112 valence electrons. The summed E-state index contributed by atoms with van der Waals surface area (Å²) in [6, 6.07) is 7.31. The van der Waals surface area contributed by atoms with Crippen molar-refractivity contribution >= 4 is 23.7 Å². The average Bonchev–Trinajstić information content (AvgIpc) is 2.41. The van der Waals surface area contributed by atoms with Gasteiger partial charge in [-0.1, -0.05) is 42.5 Å². The molecule has 1 fully saturated rings. The van der Waals surface area contributed by atoms with Crippen LogP contribution in [0.25, 0.3) is 0 Å². The van der Waals surface area contributed by atoms with Crippen molar-refractivity contribution in [1.82, 2.24) is 5.32 Å². The van der Waals surface area contributed by atoms with E-state index in [-0.39, 0.29) is 25.4 Å². The molecule has 0 aliphatic heterocycles. The second-order valence-electron chi connectivity index (χ2n) is 5.03. The van der Waals surface area contributed by atoms with E-state index in [0.29, 0.717) is 5.02 Å². The number of nitrogens with one attached hydrogen (secondary N) is 1. The molecule has 0 unspecified atom stereocenters. The number of halogens is 1. The molecule has 1 aromatic rings. The summed E-state index contributed by atoms with van der Waals surface area (Å²) in [7, 11) is 0. The van der Waals surface area contributed by atoms with Gasteiger partial charge in [0.25, 0.3) is 0 Å². The second-order valence-corrected chi connectivity index (χ2v) is 5.43. The average molecular weight is 310 g/mol. The fourth-order valence-electron chi connectivity index (χ4n) is 2.50. The van der Waals surface area contributed by atoms with Crippen LogP contribution in [0.15, 0.2) is 36.9 Å². The lowest BCUT2D eigenvalue weighted by Crippen LogP contribution is -2.61. The zero-order valence-corrected chi connectivity index (χ0v) is 12.1. The summed E-state index contributed by atoms with van der Waals surface area (Å²) < 4.78 is 4.78. The van der Waals surface area contributed by atoms with Crippen LogP contribution in [0, 0.1) is 0 Å². The summed E-state index contributed by atoms with van der Waals surface area (Å²) in [6.45, 7) is 3.46. The van der Waals surface area contributed by atoms with E-state index < -0.39 is 17.6 Å². The van der Waals surface area contributed by atoms with Gasteiger partial charge in [0.2, 0.25) is 0 Å². The van der Waals surface area contributed by atoms with E-state index in [2.05, 4.69) is 11.9 Å². The summed E-state index contributed by atoms with van der Waals surface area (Å²) in [5.74, 6) is -1.06. The number of amides is 1. The van der Waals surface area contributed by atoms with Gasteiger partial charge in [-0.2, -0.15) is 0 Å². The Kier molecular flexibility index (Phi) is 4.53. The van der Waals surface area contributed by atoms with Gasteiger partial charge < -0.3 is 15.2 Å². The van der Waals surface area contributed by atoms with Crippen LogP contribution in [0.3, 0.4) is 0 Å². The molecule has 1 amide bonds. The minimum absolute atomic E-state index is 0.00880. The molecule has 6 heteroatoms. The van der Waals surface area contributed by atoms with Gasteiger partial charge in [-0.25, -0.2) is 9.59 Å². The number of carbonyl (C=O) groups is 2. The van der Waals surface area contributed by atoms with Crippen molar-refractivity contribution in [2.24, 2.45) is 0 Å². The summed E-state index contributed by atoms with van der Waals surface area (Å²) in [4.78, 5) is 23.0. The lowest BCUT2D eigenvalue weighted by molar-refractivity contribution is -0.149. The van der Waals surface area contributed by atoms with Gasteiger partial charge in [-0.3, -0.25) is 0 Å². The highest BCUT2D eigenvalue weighted by Gasteiger charge is 2.52. The van der Waals surface area contributed by atoms with Crippen LogP contribution in [-0.4, -0.2) is 29.3 Å². The van der Waals surface area contributed by atoms with Crippen LogP contribution < -0.4 is 5.32 Å². The van der Waals surface area contributed by atoms with E-state index in [1.165, 1.54) is 6.08 Å². The van der Waals surface area contributed by atoms with Gasteiger partial charge in [0.05, 0.1) is 0 Å². The Hall–Kier alpha value is -2.01. The molecule has 0 aromatic heterocycles. The fraction of sp³-hybridized carbons (Fsp3) is 0.333. The molecule has 1 saturated carbocycles. The first kappa shape index (κ1) is 15.4. The molecule has 0 saturated heterocycles. The SMILES string of the molecule is C=CCOC(=O)NC1(C(=O)O)CC(c2ccccc2Cl)C1. The maximum Gasteiger partial charge on any atom is 0.408 e. The minimum Gasteiger partial charge on any atom is -0.480 e. The summed E-state index contributed by atoms with van der Waals surface area (Å²) in [6.07, 6.45) is 1.24. The van der Waals surface area contributed by atoms with E-state index in [1.54, 1.807) is 6.07 Å². The maximum atomic E-state index is 11.6. The zero-order valence-electron chi connectivity index (χ0n) is 11.3. The Morgan fingerprint density at radius 1 is 1.48 bits per heavy atom. The summed E-state index contributed by atoms with van der Waals surface area (Å²) in [5.41, 5.74) is -0.389. The summed E-state index contributed by atoms with van der Waals surface area (Å²) in [5, 5.41) is 12.4. The van der Waals surface area contributed by atoms with E-state index in [0.717, 1.165) is 5.56 Å². The van der Waals surface area contributed by atoms with E-state index >= 15 is 0 Å². The van der Waals surface area contributed by atoms with Crippen molar-refractivity contribution in [1.29, 1.82) is 0 Å². The van der Waals surface area contributed by atoms with Crippen molar-refractivity contribution in [2.45, 2.75) is 24.3 Å². The molecule has 0 bridgehead atoms. The van der Waals surface area contributed by atoms with Crippen molar-refractivity contribution in [3.05, 3.63) is 47.5 Å². The largest absolute Gasteiger partial charge is 0.480 e. The zero-order chi connectivity index (χ0) is 15.5. The van der Waals surface area contributed by atoms with E-state index in [4.69, 9.17) is 16.3 Å². The number of carboxylic acid groups (broad SMARTS) is 1. The summed E-state index contributed by atoms with van der Waals surface area (Å²) >= 11 is 6.11. The standard InChI is InChI=1S/C15H16ClNO4/c1-2-7-21-14(20)17-15(13(18)19)8-10(9-15)11-5-3-4-6-12(11)16/h2-6,10H,1,7-9H2,(H,17,20)(H,18,19). The third-order valence-corrected chi connectivity index (χ3v) is 3.96. The molecule has 0 atom stereocenters. The van der Waals surface area contributed by atoms with Gasteiger partial charge in [0.15, 0.2) is 0 Å². The van der Waals surface area contributed by atoms with Crippen LogP contribution in [0.1, 0.15) is 24.3 Å². The molecule has 0 radical (unpaired) electrons. The predicted molar refractivity (Wildman–Crippen MR) is 78.5 cm³/mol.